The van der Waals surface area contributed by atoms with Crippen molar-refractivity contribution in [1.29, 1.82) is 0 Å². The van der Waals surface area contributed by atoms with Crippen molar-refractivity contribution in [2.75, 3.05) is 14.2 Å². The zero-order valence-electron chi connectivity index (χ0n) is 16.2. The number of nitrogens with zero attached hydrogens (tertiary/aromatic N) is 3. The Morgan fingerprint density at radius 2 is 1.68 bits per heavy atom. The first-order chi connectivity index (χ1) is 15.0. The van der Waals surface area contributed by atoms with Gasteiger partial charge in [-0.05, 0) is 24.3 Å². The van der Waals surface area contributed by atoms with Gasteiger partial charge >= 0.3 is 0 Å². The van der Waals surface area contributed by atoms with Crippen LogP contribution in [0.2, 0.25) is 5.02 Å². The number of oxime groups is 1. The fourth-order valence-electron chi connectivity index (χ4n) is 2.45. The number of likely N-dealkylation sites (N-methyl/N-ethyl adjacent to an activating group) is 1. The molecular formula is C20H15ClF2N4O4. The minimum absolute atomic E-state index is 0.160. The zero-order valence-corrected chi connectivity index (χ0v) is 17.0. The maximum absolute atomic E-state index is 14.9. The number of benzene rings is 2. The Labute approximate surface area is 180 Å². The van der Waals surface area contributed by atoms with Crippen molar-refractivity contribution in [1.82, 2.24) is 15.3 Å². The summed E-state index contributed by atoms with van der Waals surface area (Å²) in [4.78, 5) is 24.2. The summed E-state index contributed by atoms with van der Waals surface area (Å²) in [7, 11) is 2.52. The summed E-state index contributed by atoms with van der Waals surface area (Å²) in [6, 6.07) is 10.1. The summed E-state index contributed by atoms with van der Waals surface area (Å²) in [5.74, 6) is -3.77. The third-order valence-electron chi connectivity index (χ3n) is 3.81. The van der Waals surface area contributed by atoms with Gasteiger partial charge in [-0.25, -0.2) is 4.39 Å². The SMILES string of the molecule is CNC(=O)C(=NOC)c1c(F)cccc1Oc1ncnc(Oc2ccccc2Cl)c1F. The van der Waals surface area contributed by atoms with Crippen LogP contribution in [0.1, 0.15) is 5.56 Å². The molecule has 0 unspecified atom stereocenters. The molecule has 1 aromatic heterocycles. The van der Waals surface area contributed by atoms with Gasteiger partial charge in [-0.3, -0.25) is 4.79 Å². The highest BCUT2D eigenvalue weighted by molar-refractivity contribution is 6.45. The maximum Gasteiger partial charge on any atom is 0.273 e. The van der Waals surface area contributed by atoms with E-state index in [4.69, 9.17) is 21.1 Å². The van der Waals surface area contributed by atoms with Crippen LogP contribution in [0.3, 0.4) is 0 Å². The summed E-state index contributed by atoms with van der Waals surface area (Å²) in [5.41, 5.74) is -0.768. The Hall–Kier alpha value is -3.79. The first kappa shape index (κ1) is 21.9. The van der Waals surface area contributed by atoms with Crippen molar-refractivity contribution in [3.05, 3.63) is 71.0 Å². The molecule has 160 valence electrons. The van der Waals surface area contributed by atoms with Crippen LogP contribution in [-0.2, 0) is 9.63 Å². The number of carbonyl (C=O) groups is 1. The highest BCUT2D eigenvalue weighted by atomic mass is 35.5. The molecule has 11 heteroatoms. The molecule has 3 aromatic rings. The summed E-state index contributed by atoms with van der Waals surface area (Å²) >= 11 is 6.02. The average Bonchev–Trinajstić information content (AvgIpc) is 2.76. The molecule has 0 saturated carbocycles. The van der Waals surface area contributed by atoms with Gasteiger partial charge < -0.3 is 19.6 Å². The number of hydrogen-bond acceptors (Lipinski definition) is 7. The van der Waals surface area contributed by atoms with Crippen LogP contribution >= 0.6 is 11.6 Å². The van der Waals surface area contributed by atoms with Crippen molar-refractivity contribution >= 4 is 23.2 Å². The molecule has 0 spiro atoms. The molecule has 1 amide bonds. The first-order valence-electron chi connectivity index (χ1n) is 8.69. The van der Waals surface area contributed by atoms with Gasteiger partial charge in [-0.1, -0.05) is 35.0 Å². The third kappa shape index (κ3) is 4.86. The molecule has 1 N–H and O–H groups in total. The fourth-order valence-corrected chi connectivity index (χ4v) is 2.62. The zero-order chi connectivity index (χ0) is 22.4. The van der Waals surface area contributed by atoms with Crippen LogP contribution in [0.15, 0.2) is 53.9 Å². The van der Waals surface area contributed by atoms with Gasteiger partial charge in [0.25, 0.3) is 17.7 Å². The molecule has 1 heterocycles. The highest BCUT2D eigenvalue weighted by Gasteiger charge is 2.25. The number of aromatic nitrogens is 2. The van der Waals surface area contributed by atoms with Gasteiger partial charge in [-0.2, -0.15) is 14.4 Å². The van der Waals surface area contributed by atoms with Crippen molar-refractivity contribution < 1.29 is 27.9 Å². The van der Waals surface area contributed by atoms with Gasteiger partial charge in [-0.15, -0.1) is 0 Å². The first-order valence-corrected chi connectivity index (χ1v) is 9.06. The van der Waals surface area contributed by atoms with E-state index in [-0.39, 0.29) is 22.1 Å². The van der Waals surface area contributed by atoms with Crippen molar-refractivity contribution in [3.63, 3.8) is 0 Å². The van der Waals surface area contributed by atoms with E-state index in [2.05, 4.69) is 25.3 Å². The second-order valence-electron chi connectivity index (χ2n) is 5.75. The quantitative estimate of drug-likeness (QED) is 0.432. The number of nitrogens with one attached hydrogen (secondary N) is 1. The van der Waals surface area contributed by atoms with Crippen LogP contribution in [-0.4, -0.2) is 35.7 Å². The molecule has 0 fully saturated rings. The number of rotatable bonds is 7. The Morgan fingerprint density at radius 3 is 2.32 bits per heavy atom. The van der Waals surface area contributed by atoms with Gasteiger partial charge in [0.15, 0.2) is 5.71 Å². The average molecular weight is 449 g/mol. The third-order valence-corrected chi connectivity index (χ3v) is 4.12. The molecule has 0 atom stereocenters. The largest absolute Gasteiger partial charge is 0.435 e. The minimum atomic E-state index is -1.07. The van der Waals surface area contributed by atoms with Crippen molar-refractivity contribution in [2.45, 2.75) is 0 Å². The van der Waals surface area contributed by atoms with E-state index in [0.29, 0.717) is 0 Å². The highest BCUT2D eigenvalue weighted by Crippen LogP contribution is 2.34. The Balaban J connectivity index is 2.01. The van der Waals surface area contributed by atoms with E-state index in [1.165, 1.54) is 32.4 Å². The summed E-state index contributed by atoms with van der Waals surface area (Å²) < 4.78 is 40.4. The molecular weight excluding hydrogens is 434 g/mol. The standard InChI is InChI=1S/C20H15ClF2N4O4/c1-24-18(28)17(27-29-2)15-12(22)7-5-9-14(15)31-20-16(23)19(25-10-26-20)30-13-8-4-3-6-11(13)21/h3-10H,1-2H3,(H,24,28). The predicted molar refractivity (Wildman–Crippen MR) is 108 cm³/mol. The number of ether oxygens (including phenoxy) is 2. The number of para-hydroxylation sites is 1. The van der Waals surface area contributed by atoms with Crippen LogP contribution in [0.4, 0.5) is 8.78 Å². The molecule has 2 aromatic carbocycles. The van der Waals surface area contributed by atoms with Crippen LogP contribution < -0.4 is 14.8 Å². The summed E-state index contributed by atoms with van der Waals surface area (Å²) in [6.45, 7) is 0. The lowest BCUT2D eigenvalue weighted by molar-refractivity contribution is -0.114. The molecule has 0 bridgehead atoms. The molecule has 0 aliphatic carbocycles. The van der Waals surface area contributed by atoms with E-state index >= 15 is 0 Å². The van der Waals surface area contributed by atoms with E-state index in [1.807, 2.05) is 0 Å². The lowest BCUT2D eigenvalue weighted by atomic mass is 10.1. The Kier molecular flexibility index (Phi) is 6.93. The number of amides is 1. The van der Waals surface area contributed by atoms with E-state index in [1.54, 1.807) is 18.2 Å². The monoisotopic (exact) mass is 448 g/mol. The maximum atomic E-state index is 14.9. The fraction of sp³-hybridized carbons (Fsp3) is 0.100. The second kappa shape index (κ2) is 9.81. The molecule has 8 nitrogen and oxygen atoms in total. The topological polar surface area (TPSA) is 94.9 Å². The number of hydrogen-bond donors (Lipinski definition) is 1. The van der Waals surface area contributed by atoms with Gasteiger partial charge in [0.2, 0.25) is 5.82 Å². The van der Waals surface area contributed by atoms with Crippen LogP contribution in [0, 0.1) is 11.6 Å². The van der Waals surface area contributed by atoms with Crippen LogP contribution in [0.5, 0.6) is 23.3 Å². The van der Waals surface area contributed by atoms with E-state index in [0.717, 1.165) is 12.4 Å². The molecule has 31 heavy (non-hydrogen) atoms. The van der Waals surface area contributed by atoms with Gasteiger partial charge in [0.1, 0.15) is 30.8 Å². The number of carbonyl (C=O) groups excluding carboxylic acids is 1. The summed E-state index contributed by atoms with van der Waals surface area (Å²) in [5, 5.41) is 6.11. The minimum Gasteiger partial charge on any atom is -0.435 e. The lowest BCUT2D eigenvalue weighted by Gasteiger charge is -2.13. The number of halogens is 3. The molecule has 0 radical (unpaired) electrons. The smallest absolute Gasteiger partial charge is 0.273 e. The Morgan fingerprint density at radius 1 is 1.03 bits per heavy atom. The second-order valence-corrected chi connectivity index (χ2v) is 6.15. The van der Waals surface area contributed by atoms with E-state index in [9.17, 15) is 13.6 Å². The van der Waals surface area contributed by atoms with Crippen LogP contribution in [0.25, 0.3) is 0 Å². The molecule has 0 aliphatic heterocycles. The predicted octanol–water partition coefficient (Wildman–Crippen LogP) is 4.09. The molecule has 0 saturated heterocycles. The molecule has 3 rings (SSSR count). The summed E-state index contributed by atoms with van der Waals surface area (Å²) in [6.07, 6.45) is 0.993. The van der Waals surface area contributed by atoms with Gasteiger partial charge in [0.05, 0.1) is 10.6 Å². The van der Waals surface area contributed by atoms with Crippen molar-refractivity contribution in [2.24, 2.45) is 5.16 Å². The Bertz CT molecular complexity index is 1140. The normalized spacial score (nSPS) is 11.1. The van der Waals surface area contributed by atoms with Crippen molar-refractivity contribution in [3.8, 4) is 23.3 Å². The van der Waals surface area contributed by atoms with Gasteiger partial charge in [0, 0.05) is 7.05 Å². The van der Waals surface area contributed by atoms with E-state index < -0.39 is 35.0 Å². The lowest BCUT2D eigenvalue weighted by Crippen LogP contribution is -2.29. The molecule has 0 aliphatic rings.